The molecule has 3 N–H and O–H groups in total. The number of esters is 3. The third kappa shape index (κ3) is 11.5. The molecule has 0 radical (unpaired) electrons. The second-order valence-corrected chi connectivity index (χ2v) is 7.29. The van der Waals surface area contributed by atoms with Crippen molar-refractivity contribution in [3.63, 3.8) is 0 Å². The summed E-state index contributed by atoms with van der Waals surface area (Å²) < 4.78 is 45.7. The molecule has 180 valence electrons. The normalized spacial score (nSPS) is 13.0. The molecule has 0 saturated carbocycles. The fourth-order valence-corrected chi connectivity index (χ4v) is 1.94. The molecule has 0 aliphatic heterocycles. The highest BCUT2D eigenvalue weighted by molar-refractivity contribution is 5.81. The van der Waals surface area contributed by atoms with E-state index in [9.17, 15) is 28.0 Å². The van der Waals surface area contributed by atoms with E-state index < -0.39 is 49.0 Å². The molecule has 0 heterocycles. The van der Waals surface area contributed by atoms with Crippen LogP contribution in [-0.2, 0) is 33.3 Å². The lowest BCUT2D eigenvalue weighted by atomic mass is 9.95. The predicted octanol–water partition coefficient (Wildman–Crippen LogP) is 1.40. The van der Waals surface area contributed by atoms with Gasteiger partial charge in [0, 0.05) is 6.54 Å². The maximum Gasteiger partial charge on any atom is 0.407 e. The van der Waals surface area contributed by atoms with Gasteiger partial charge in [-0.15, -0.1) is 0 Å². The van der Waals surface area contributed by atoms with E-state index in [0.717, 1.165) is 0 Å². The number of hydrogen-bond acceptors (Lipinski definition) is 9. The van der Waals surface area contributed by atoms with E-state index in [1.807, 2.05) is 0 Å². The van der Waals surface area contributed by atoms with Crippen LogP contribution in [-0.4, -0.2) is 68.9 Å². The summed E-state index contributed by atoms with van der Waals surface area (Å²) in [6, 6.07) is 0. The first-order valence-corrected chi connectivity index (χ1v) is 9.90. The van der Waals surface area contributed by atoms with Crippen molar-refractivity contribution in [3.8, 4) is 0 Å². The summed E-state index contributed by atoms with van der Waals surface area (Å²) in [4.78, 5) is 46.0. The molecule has 0 aromatic carbocycles. The molecular weight excluding hydrogens is 422 g/mol. The van der Waals surface area contributed by atoms with Crippen molar-refractivity contribution in [2.75, 3.05) is 33.0 Å². The molecule has 0 aliphatic rings. The topological polar surface area (TPSA) is 143 Å². The zero-order valence-corrected chi connectivity index (χ0v) is 18.3. The van der Waals surface area contributed by atoms with Crippen LogP contribution < -0.4 is 11.1 Å². The molecule has 0 saturated heterocycles. The second-order valence-electron chi connectivity index (χ2n) is 7.29. The van der Waals surface area contributed by atoms with Gasteiger partial charge in [-0.2, -0.15) is 0 Å². The molecule has 0 bridgehead atoms. The highest BCUT2D eigenvalue weighted by atomic mass is 19.3. The van der Waals surface area contributed by atoms with Crippen molar-refractivity contribution >= 4 is 24.0 Å². The number of alkyl halides is 2. The summed E-state index contributed by atoms with van der Waals surface area (Å²) in [5.41, 5.74) is 2.95. The maximum atomic E-state index is 13.3. The van der Waals surface area contributed by atoms with Gasteiger partial charge in [-0.1, -0.05) is 27.7 Å². The van der Waals surface area contributed by atoms with Crippen LogP contribution in [0.4, 0.5) is 13.6 Å². The number of alkyl carbamates (subject to hydrolysis) is 1. The number of amides is 1. The Morgan fingerprint density at radius 3 is 1.74 bits per heavy atom. The molecule has 0 aromatic heterocycles. The van der Waals surface area contributed by atoms with E-state index in [-0.39, 0.29) is 44.6 Å². The van der Waals surface area contributed by atoms with Gasteiger partial charge in [-0.25, -0.2) is 18.4 Å². The summed E-state index contributed by atoms with van der Waals surface area (Å²) >= 11 is 0. The zero-order chi connectivity index (χ0) is 24.0. The molecule has 0 aliphatic carbocycles. The van der Waals surface area contributed by atoms with Crippen LogP contribution in [0.1, 0.15) is 40.5 Å². The number of ether oxygens (including phenoxy) is 4. The molecule has 0 spiro atoms. The highest BCUT2D eigenvalue weighted by Crippen LogP contribution is 2.21. The number of hydrogen-bond donors (Lipinski definition) is 2. The third-order valence-electron chi connectivity index (χ3n) is 3.87. The van der Waals surface area contributed by atoms with Crippen LogP contribution in [0.15, 0.2) is 0 Å². The standard InChI is InChI=1S/C19H32F2N2O8/c1-12(2)14(24)28-8-10-30-17(26)19(22,16(20)21)6-5-7-23-18(27)31-11-9-29-15(25)13(3)4/h12-13,16H,5-11,22H2,1-4H3,(H,23,27). The van der Waals surface area contributed by atoms with Gasteiger partial charge in [0.05, 0.1) is 11.8 Å². The Labute approximate surface area is 180 Å². The van der Waals surface area contributed by atoms with Crippen molar-refractivity contribution in [1.82, 2.24) is 5.32 Å². The van der Waals surface area contributed by atoms with Crippen molar-refractivity contribution in [1.29, 1.82) is 0 Å². The quantitative estimate of drug-likeness (QED) is 0.226. The molecule has 12 heteroatoms. The van der Waals surface area contributed by atoms with Gasteiger partial charge in [-0.05, 0) is 12.8 Å². The number of rotatable bonds is 14. The Bertz CT molecular complexity index is 601. The Hall–Kier alpha value is -2.50. The van der Waals surface area contributed by atoms with E-state index in [2.05, 4.69) is 5.32 Å². The zero-order valence-electron chi connectivity index (χ0n) is 18.3. The largest absolute Gasteiger partial charge is 0.462 e. The lowest BCUT2D eigenvalue weighted by Gasteiger charge is -2.26. The Balaban J connectivity index is 4.22. The second kappa shape index (κ2) is 14.5. The highest BCUT2D eigenvalue weighted by Gasteiger charge is 2.44. The van der Waals surface area contributed by atoms with Crippen LogP contribution >= 0.6 is 0 Å². The first kappa shape index (κ1) is 28.5. The van der Waals surface area contributed by atoms with E-state index in [1.165, 1.54) is 0 Å². The molecule has 31 heavy (non-hydrogen) atoms. The molecule has 1 amide bonds. The van der Waals surface area contributed by atoms with Gasteiger partial charge in [0.1, 0.15) is 26.4 Å². The van der Waals surface area contributed by atoms with Crippen LogP contribution in [0.5, 0.6) is 0 Å². The number of nitrogens with two attached hydrogens (primary N) is 1. The van der Waals surface area contributed by atoms with E-state index in [4.69, 9.17) is 24.7 Å². The van der Waals surface area contributed by atoms with E-state index in [0.29, 0.717) is 0 Å². The maximum absolute atomic E-state index is 13.3. The first-order chi connectivity index (χ1) is 14.4. The van der Waals surface area contributed by atoms with Crippen molar-refractivity contribution in [2.45, 2.75) is 52.5 Å². The molecule has 10 nitrogen and oxygen atoms in total. The van der Waals surface area contributed by atoms with Gasteiger partial charge in [0.25, 0.3) is 6.43 Å². The minimum Gasteiger partial charge on any atom is -0.462 e. The lowest BCUT2D eigenvalue weighted by Crippen LogP contribution is -2.55. The van der Waals surface area contributed by atoms with E-state index >= 15 is 0 Å². The van der Waals surface area contributed by atoms with Crippen LogP contribution in [0.3, 0.4) is 0 Å². The summed E-state index contributed by atoms with van der Waals surface area (Å²) in [5, 5.41) is 2.31. The number of carbonyl (C=O) groups excluding carboxylic acids is 4. The SMILES string of the molecule is CC(C)C(=O)OCCOC(=O)NCCCC(N)(C(=O)OCCOC(=O)C(C)C)C(F)F. The van der Waals surface area contributed by atoms with Gasteiger partial charge >= 0.3 is 24.0 Å². The molecule has 1 atom stereocenters. The summed E-state index contributed by atoms with van der Waals surface area (Å²) in [6.45, 7) is 5.49. The van der Waals surface area contributed by atoms with Gasteiger partial charge in [0.2, 0.25) is 0 Å². The minimum absolute atomic E-state index is 0.0598. The Morgan fingerprint density at radius 2 is 1.29 bits per heavy atom. The first-order valence-electron chi connectivity index (χ1n) is 9.90. The summed E-state index contributed by atoms with van der Waals surface area (Å²) in [7, 11) is 0. The Kier molecular flexibility index (Phi) is 13.3. The average molecular weight is 454 g/mol. The van der Waals surface area contributed by atoms with E-state index in [1.54, 1.807) is 27.7 Å². The van der Waals surface area contributed by atoms with Gasteiger partial charge in [0.15, 0.2) is 5.54 Å². The van der Waals surface area contributed by atoms with Crippen molar-refractivity contribution in [3.05, 3.63) is 0 Å². The Morgan fingerprint density at radius 1 is 0.839 bits per heavy atom. The summed E-state index contributed by atoms with van der Waals surface area (Å²) in [5.74, 6) is -2.96. The van der Waals surface area contributed by atoms with Crippen LogP contribution in [0.2, 0.25) is 0 Å². The van der Waals surface area contributed by atoms with Crippen molar-refractivity contribution < 1.29 is 46.9 Å². The molecule has 1 unspecified atom stereocenters. The molecule has 0 rings (SSSR count). The molecular formula is C19H32F2N2O8. The van der Waals surface area contributed by atoms with Crippen LogP contribution in [0, 0.1) is 11.8 Å². The number of carbonyl (C=O) groups is 4. The predicted molar refractivity (Wildman–Crippen MR) is 104 cm³/mol. The minimum atomic E-state index is -3.21. The summed E-state index contributed by atoms with van der Waals surface area (Å²) in [6.07, 6.45) is -4.58. The van der Waals surface area contributed by atoms with Crippen molar-refractivity contribution in [2.24, 2.45) is 17.6 Å². The number of halogens is 2. The lowest BCUT2D eigenvalue weighted by molar-refractivity contribution is -0.162. The smallest absolute Gasteiger partial charge is 0.407 e. The monoisotopic (exact) mass is 454 g/mol. The van der Waals surface area contributed by atoms with Gasteiger partial charge in [-0.3, -0.25) is 9.59 Å². The van der Waals surface area contributed by atoms with Gasteiger partial charge < -0.3 is 30.0 Å². The molecule has 0 aromatic rings. The third-order valence-corrected chi connectivity index (χ3v) is 3.87. The molecule has 0 fully saturated rings. The average Bonchev–Trinajstić information content (AvgIpc) is 2.70. The fourth-order valence-electron chi connectivity index (χ4n) is 1.94. The fraction of sp³-hybridized carbons (Fsp3) is 0.789. The number of nitrogens with one attached hydrogen (secondary N) is 1. The van der Waals surface area contributed by atoms with Crippen LogP contribution in [0.25, 0.3) is 0 Å².